The van der Waals surface area contributed by atoms with E-state index in [1.165, 1.54) is 25.7 Å². The van der Waals surface area contributed by atoms with Crippen LogP contribution in [0.25, 0.3) is 0 Å². The molecule has 26 heavy (non-hydrogen) atoms. The summed E-state index contributed by atoms with van der Waals surface area (Å²) in [5.41, 5.74) is 0.456. The Morgan fingerprint density at radius 2 is 1.73 bits per heavy atom. The van der Waals surface area contributed by atoms with Gasteiger partial charge in [-0.1, -0.05) is 27.2 Å². The van der Waals surface area contributed by atoms with E-state index in [0.717, 1.165) is 51.4 Å². The molecule has 152 valence electrons. The van der Waals surface area contributed by atoms with Crippen LogP contribution in [0.3, 0.4) is 0 Å². The van der Waals surface area contributed by atoms with Crippen LogP contribution in [0, 0.1) is 11.3 Å². The summed E-state index contributed by atoms with van der Waals surface area (Å²) in [6.07, 6.45) is 9.28. The molecule has 0 aromatic carbocycles. The fourth-order valence-electron chi connectivity index (χ4n) is 5.50. The van der Waals surface area contributed by atoms with Crippen molar-refractivity contribution in [2.24, 2.45) is 11.3 Å². The highest BCUT2D eigenvalue weighted by Crippen LogP contribution is 2.47. The van der Waals surface area contributed by atoms with Gasteiger partial charge in [-0.05, 0) is 50.9 Å². The first-order chi connectivity index (χ1) is 12.3. The van der Waals surface area contributed by atoms with Gasteiger partial charge in [0.1, 0.15) is 0 Å². The van der Waals surface area contributed by atoms with E-state index in [0.29, 0.717) is 17.6 Å². The van der Waals surface area contributed by atoms with Crippen LogP contribution < -0.4 is 0 Å². The average Bonchev–Trinajstić information content (AvgIpc) is 2.95. The van der Waals surface area contributed by atoms with E-state index >= 15 is 0 Å². The maximum Gasteiger partial charge on any atom is 0.168 e. The molecule has 0 aromatic heterocycles. The molecule has 4 heteroatoms. The van der Waals surface area contributed by atoms with E-state index < -0.39 is 0 Å². The summed E-state index contributed by atoms with van der Waals surface area (Å²) >= 11 is 0. The summed E-state index contributed by atoms with van der Waals surface area (Å²) in [6.45, 7) is 15.5. The van der Waals surface area contributed by atoms with Crippen molar-refractivity contribution in [2.45, 2.75) is 104 Å². The summed E-state index contributed by atoms with van der Waals surface area (Å²) < 4.78 is 18.5. The molecule has 2 heterocycles. The van der Waals surface area contributed by atoms with Gasteiger partial charge in [-0.2, -0.15) is 0 Å². The van der Waals surface area contributed by atoms with Crippen molar-refractivity contribution in [1.29, 1.82) is 0 Å². The van der Waals surface area contributed by atoms with Crippen molar-refractivity contribution in [1.82, 2.24) is 4.90 Å². The van der Waals surface area contributed by atoms with Gasteiger partial charge in [0.2, 0.25) is 0 Å². The van der Waals surface area contributed by atoms with Crippen molar-refractivity contribution in [3.63, 3.8) is 0 Å². The van der Waals surface area contributed by atoms with E-state index in [1.54, 1.807) is 0 Å². The largest absolute Gasteiger partial charge is 0.373 e. The van der Waals surface area contributed by atoms with Gasteiger partial charge in [0.15, 0.2) is 5.79 Å². The summed E-state index contributed by atoms with van der Waals surface area (Å²) in [5.74, 6) is 0.547. The predicted octanol–water partition coefficient (Wildman–Crippen LogP) is 4.61. The number of hydrogen-bond donors (Lipinski definition) is 0. The fourth-order valence-corrected chi connectivity index (χ4v) is 5.50. The molecule has 0 bridgehead atoms. The second kappa shape index (κ2) is 8.46. The van der Waals surface area contributed by atoms with Gasteiger partial charge in [-0.3, -0.25) is 4.90 Å². The summed E-state index contributed by atoms with van der Waals surface area (Å²) in [6, 6.07) is 0. The van der Waals surface area contributed by atoms with E-state index in [1.807, 2.05) is 0 Å². The zero-order valence-electron chi connectivity index (χ0n) is 17.8. The van der Waals surface area contributed by atoms with E-state index in [-0.39, 0.29) is 11.9 Å². The molecule has 1 aliphatic carbocycles. The Bertz CT molecular complexity index is 435. The Hall–Kier alpha value is -0.160. The number of ether oxygens (including phenoxy) is 3. The molecule has 3 fully saturated rings. The number of morpholine rings is 1. The van der Waals surface area contributed by atoms with Crippen LogP contribution in [0.4, 0.5) is 0 Å². The van der Waals surface area contributed by atoms with Crippen molar-refractivity contribution < 1.29 is 14.2 Å². The molecule has 1 saturated carbocycles. The molecule has 2 aliphatic heterocycles. The molecule has 4 nitrogen and oxygen atoms in total. The normalized spacial score (nSPS) is 39.6. The van der Waals surface area contributed by atoms with Crippen molar-refractivity contribution in [3.05, 3.63) is 0 Å². The molecule has 0 N–H and O–H groups in total. The standard InChI is InChI=1S/C22H41NO3/c1-6-10-21(4,5)19-7-11-22(12-8-19)24-16-20(26-22)9-13-23-14-17(2)25-18(3)15-23/h17-20H,6-16H2,1-5H3. The van der Waals surface area contributed by atoms with Gasteiger partial charge in [0.25, 0.3) is 0 Å². The molecule has 0 aromatic rings. The Morgan fingerprint density at radius 1 is 1.08 bits per heavy atom. The lowest BCUT2D eigenvalue weighted by molar-refractivity contribution is -0.198. The average molecular weight is 368 g/mol. The molecule has 3 rings (SSSR count). The van der Waals surface area contributed by atoms with Crippen LogP contribution in [-0.2, 0) is 14.2 Å². The summed E-state index contributed by atoms with van der Waals surface area (Å²) in [7, 11) is 0. The highest BCUT2D eigenvalue weighted by molar-refractivity contribution is 4.90. The van der Waals surface area contributed by atoms with E-state index in [2.05, 4.69) is 39.5 Å². The first kappa shape index (κ1) is 20.6. The summed E-state index contributed by atoms with van der Waals surface area (Å²) in [4.78, 5) is 2.53. The van der Waals surface area contributed by atoms with E-state index in [4.69, 9.17) is 14.2 Å². The maximum absolute atomic E-state index is 6.48. The van der Waals surface area contributed by atoms with Crippen LogP contribution in [0.2, 0.25) is 0 Å². The zero-order valence-corrected chi connectivity index (χ0v) is 17.8. The minimum atomic E-state index is -0.269. The van der Waals surface area contributed by atoms with Crippen LogP contribution in [0.5, 0.6) is 0 Å². The highest BCUT2D eigenvalue weighted by Gasteiger charge is 2.46. The SMILES string of the molecule is CCCC(C)(C)C1CCC2(CC1)OCC(CCN1CC(C)OC(C)C1)O2. The molecular formula is C22H41NO3. The molecule has 3 unspecified atom stereocenters. The molecule has 0 amide bonds. The minimum Gasteiger partial charge on any atom is -0.373 e. The number of nitrogens with zero attached hydrogens (tertiary/aromatic N) is 1. The first-order valence-corrected chi connectivity index (χ1v) is 11.0. The van der Waals surface area contributed by atoms with Gasteiger partial charge in [-0.25, -0.2) is 0 Å². The maximum atomic E-state index is 6.48. The predicted molar refractivity (Wildman–Crippen MR) is 105 cm³/mol. The van der Waals surface area contributed by atoms with Gasteiger partial charge in [0.05, 0.1) is 24.9 Å². The van der Waals surface area contributed by atoms with Gasteiger partial charge in [0, 0.05) is 32.5 Å². The number of rotatable bonds is 6. The van der Waals surface area contributed by atoms with Crippen LogP contribution in [-0.4, -0.2) is 55.2 Å². The molecule has 1 spiro atoms. The molecule has 3 atom stereocenters. The molecular weight excluding hydrogens is 326 g/mol. The first-order valence-electron chi connectivity index (χ1n) is 11.0. The lowest BCUT2D eigenvalue weighted by Crippen LogP contribution is -2.46. The summed E-state index contributed by atoms with van der Waals surface area (Å²) in [5, 5.41) is 0. The third kappa shape index (κ3) is 5.01. The third-order valence-corrected chi connectivity index (χ3v) is 6.92. The van der Waals surface area contributed by atoms with Crippen LogP contribution in [0.15, 0.2) is 0 Å². The van der Waals surface area contributed by atoms with Crippen molar-refractivity contribution in [3.8, 4) is 0 Å². The van der Waals surface area contributed by atoms with Crippen molar-refractivity contribution >= 4 is 0 Å². The Morgan fingerprint density at radius 3 is 2.35 bits per heavy atom. The Labute approximate surface area is 160 Å². The second-order valence-electron chi connectivity index (χ2n) is 9.78. The van der Waals surface area contributed by atoms with Gasteiger partial charge >= 0.3 is 0 Å². The zero-order chi connectivity index (χ0) is 18.8. The van der Waals surface area contributed by atoms with Crippen LogP contribution in [0.1, 0.15) is 79.6 Å². The molecule has 3 aliphatic rings. The van der Waals surface area contributed by atoms with Gasteiger partial charge in [-0.15, -0.1) is 0 Å². The quantitative estimate of drug-likeness (QED) is 0.686. The third-order valence-electron chi connectivity index (χ3n) is 6.92. The lowest BCUT2D eigenvalue weighted by atomic mass is 9.68. The smallest absolute Gasteiger partial charge is 0.168 e. The topological polar surface area (TPSA) is 30.9 Å². The second-order valence-corrected chi connectivity index (χ2v) is 9.78. The highest BCUT2D eigenvalue weighted by atomic mass is 16.7. The number of hydrogen-bond acceptors (Lipinski definition) is 4. The van der Waals surface area contributed by atoms with Crippen LogP contribution >= 0.6 is 0 Å². The van der Waals surface area contributed by atoms with E-state index in [9.17, 15) is 0 Å². The molecule has 2 saturated heterocycles. The monoisotopic (exact) mass is 367 g/mol. The minimum absolute atomic E-state index is 0.267. The Kier molecular flexibility index (Phi) is 6.70. The lowest BCUT2D eigenvalue weighted by Gasteiger charge is -2.42. The van der Waals surface area contributed by atoms with Gasteiger partial charge < -0.3 is 14.2 Å². The Balaban J connectivity index is 1.43. The van der Waals surface area contributed by atoms with Crippen molar-refractivity contribution in [2.75, 3.05) is 26.2 Å². The molecule has 0 radical (unpaired) electrons. The fraction of sp³-hybridized carbons (Fsp3) is 1.00.